The molecule has 0 unspecified atom stereocenters. The Morgan fingerprint density at radius 1 is 1.18 bits per heavy atom. The molecule has 22 heavy (non-hydrogen) atoms. The molecule has 0 bridgehead atoms. The third kappa shape index (κ3) is 4.08. The van der Waals surface area contributed by atoms with Crippen molar-refractivity contribution in [3.8, 4) is 0 Å². The lowest BCUT2D eigenvalue weighted by Crippen LogP contribution is -2.29. The first-order valence-electron chi connectivity index (χ1n) is 6.89. The van der Waals surface area contributed by atoms with E-state index in [1.54, 1.807) is 19.2 Å². The molecule has 0 atom stereocenters. The van der Waals surface area contributed by atoms with Crippen molar-refractivity contribution in [1.82, 2.24) is 15.3 Å². The third-order valence-corrected chi connectivity index (χ3v) is 3.35. The van der Waals surface area contributed by atoms with Crippen molar-refractivity contribution in [3.63, 3.8) is 0 Å². The van der Waals surface area contributed by atoms with E-state index in [0.717, 1.165) is 5.56 Å². The molecule has 0 saturated carbocycles. The summed E-state index contributed by atoms with van der Waals surface area (Å²) in [5.74, 6) is 0.503. The van der Waals surface area contributed by atoms with Crippen LogP contribution in [0.5, 0.6) is 0 Å². The van der Waals surface area contributed by atoms with Gasteiger partial charge in [-0.1, -0.05) is 29.3 Å². The predicted molar refractivity (Wildman–Crippen MR) is 88.6 cm³/mol. The van der Waals surface area contributed by atoms with Crippen molar-refractivity contribution < 1.29 is 4.79 Å². The summed E-state index contributed by atoms with van der Waals surface area (Å²) in [7, 11) is 1.74. The number of amides is 1. The molecule has 0 aliphatic rings. The van der Waals surface area contributed by atoms with E-state index in [1.165, 1.54) is 6.33 Å². The molecular weight excluding hydrogens is 302 g/mol. The van der Waals surface area contributed by atoms with Crippen molar-refractivity contribution in [2.24, 2.45) is 0 Å². The lowest BCUT2D eigenvalue weighted by atomic mass is 10.1. The number of nitrogens with zero attached hydrogens (tertiary/aromatic N) is 2. The second-order valence-corrected chi connectivity index (χ2v) is 5.04. The van der Waals surface area contributed by atoms with Gasteiger partial charge in [0.25, 0.3) is 5.91 Å². The lowest BCUT2D eigenvalue weighted by Gasteiger charge is -2.11. The number of hydrogen-bond acceptors (Lipinski definition) is 5. The molecule has 0 saturated heterocycles. The van der Waals surface area contributed by atoms with Crippen molar-refractivity contribution >= 4 is 29.0 Å². The summed E-state index contributed by atoms with van der Waals surface area (Å²) >= 11 is 5.96. The summed E-state index contributed by atoms with van der Waals surface area (Å²) < 4.78 is 0. The number of hydrogen-bond donors (Lipinski definition) is 3. The van der Waals surface area contributed by atoms with Gasteiger partial charge in [0.15, 0.2) is 11.0 Å². The fourth-order valence-electron chi connectivity index (χ4n) is 1.88. The standard InChI is InChI=1S/C15H18ClN5O/c1-10-3-5-11(6-4-10)15(22)19-8-7-18-14-12(17-2)13(16)20-9-21-14/h3-6,9,17H,7-8H2,1-2H3,(H,19,22)(H,18,20,21). The molecule has 0 radical (unpaired) electrons. The summed E-state index contributed by atoms with van der Waals surface area (Å²) in [4.78, 5) is 20.0. The lowest BCUT2D eigenvalue weighted by molar-refractivity contribution is 0.0955. The van der Waals surface area contributed by atoms with Gasteiger partial charge in [0.2, 0.25) is 0 Å². The maximum Gasteiger partial charge on any atom is 0.251 e. The number of carbonyl (C=O) groups is 1. The Bertz CT molecular complexity index is 645. The topological polar surface area (TPSA) is 78.9 Å². The van der Waals surface area contributed by atoms with Gasteiger partial charge in [-0.25, -0.2) is 9.97 Å². The fourth-order valence-corrected chi connectivity index (χ4v) is 2.11. The zero-order valence-corrected chi connectivity index (χ0v) is 13.2. The van der Waals surface area contributed by atoms with Crippen LogP contribution in [0.25, 0.3) is 0 Å². The normalized spacial score (nSPS) is 10.1. The van der Waals surface area contributed by atoms with Crippen LogP contribution in [-0.2, 0) is 0 Å². The molecule has 3 N–H and O–H groups in total. The van der Waals surface area contributed by atoms with Gasteiger partial charge >= 0.3 is 0 Å². The molecular formula is C15H18ClN5O. The van der Waals surface area contributed by atoms with Crippen LogP contribution in [0.3, 0.4) is 0 Å². The predicted octanol–water partition coefficient (Wildman–Crippen LogP) is 2.32. The number of rotatable bonds is 6. The first-order chi connectivity index (χ1) is 10.6. The summed E-state index contributed by atoms with van der Waals surface area (Å²) in [6.45, 7) is 2.98. The van der Waals surface area contributed by atoms with Crippen molar-refractivity contribution in [3.05, 3.63) is 46.9 Å². The van der Waals surface area contributed by atoms with Crippen molar-refractivity contribution in [2.45, 2.75) is 6.92 Å². The van der Waals surface area contributed by atoms with Crippen LogP contribution >= 0.6 is 11.6 Å². The zero-order chi connectivity index (χ0) is 15.9. The number of halogens is 1. The Morgan fingerprint density at radius 2 is 1.91 bits per heavy atom. The van der Waals surface area contributed by atoms with Gasteiger partial charge in [-0.2, -0.15) is 0 Å². The number of carbonyl (C=O) groups excluding carboxylic acids is 1. The minimum Gasteiger partial charge on any atom is -0.383 e. The highest BCUT2D eigenvalue weighted by Crippen LogP contribution is 2.24. The zero-order valence-electron chi connectivity index (χ0n) is 12.5. The summed E-state index contributed by atoms with van der Waals surface area (Å²) in [5.41, 5.74) is 2.40. The average molecular weight is 320 g/mol. The highest BCUT2D eigenvalue weighted by Gasteiger charge is 2.08. The Hall–Kier alpha value is -2.34. The smallest absolute Gasteiger partial charge is 0.251 e. The van der Waals surface area contributed by atoms with Gasteiger partial charge < -0.3 is 16.0 Å². The molecule has 0 aliphatic heterocycles. The molecule has 6 nitrogen and oxygen atoms in total. The molecule has 1 amide bonds. The van der Waals surface area contributed by atoms with E-state index in [2.05, 4.69) is 25.9 Å². The van der Waals surface area contributed by atoms with E-state index < -0.39 is 0 Å². The Balaban J connectivity index is 1.83. The van der Waals surface area contributed by atoms with E-state index in [-0.39, 0.29) is 5.91 Å². The van der Waals surface area contributed by atoms with Crippen molar-refractivity contribution in [2.75, 3.05) is 30.8 Å². The van der Waals surface area contributed by atoms with Crippen LogP contribution in [0.1, 0.15) is 15.9 Å². The maximum atomic E-state index is 11.9. The van der Waals surface area contributed by atoms with E-state index >= 15 is 0 Å². The molecule has 2 aromatic rings. The average Bonchev–Trinajstić information content (AvgIpc) is 2.52. The van der Waals surface area contributed by atoms with Crippen LogP contribution in [-0.4, -0.2) is 36.0 Å². The quantitative estimate of drug-likeness (QED) is 0.562. The second-order valence-electron chi connectivity index (χ2n) is 4.69. The minimum atomic E-state index is -0.101. The van der Waals surface area contributed by atoms with Crippen molar-refractivity contribution in [1.29, 1.82) is 0 Å². The van der Waals surface area contributed by atoms with Gasteiger partial charge in [-0.05, 0) is 19.1 Å². The van der Waals surface area contributed by atoms with Crippen LogP contribution < -0.4 is 16.0 Å². The Morgan fingerprint density at radius 3 is 2.59 bits per heavy atom. The minimum absolute atomic E-state index is 0.101. The molecule has 2 rings (SSSR count). The van der Waals surface area contributed by atoms with Crippen LogP contribution in [0.4, 0.5) is 11.5 Å². The monoisotopic (exact) mass is 319 g/mol. The fraction of sp³-hybridized carbons (Fsp3) is 0.267. The largest absolute Gasteiger partial charge is 0.383 e. The van der Waals surface area contributed by atoms with Gasteiger partial charge in [-0.3, -0.25) is 4.79 Å². The maximum absolute atomic E-state index is 11.9. The molecule has 0 aliphatic carbocycles. The van der Waals surface area contributed by atoms with Crippen LogP contribution in [0.2, 0.25) is 5.15 Å². The number of aryl methyl sites for hydroxylation is 1. The summed E-state index contributed by atoms with van der Waals surface area (Å²) in [5, 5.41) is 9.24. The van der Waals surface area contributed by atoms with Crippen LogP contribution in [0, 0.1) is 6.92 Å². The molecule has 1 aromatic carbocycles. The molecule has 0 fully saturated rings. The van der Waals surface area contributed by atoms with E-state index in [9.17, 15) is 4.79 Å². The Labute approximate surface area is 134 Å². The molecule has 7 heteroatoms. The number of nitrogens with one attached hydrogen (secondary N) is 3. The van der Waals surface area contributed by atoms with E-state index in [4.69, 9.17) is 11.6 Å². The van der Waals surface area contributed by atoms with Gasteiger partial charge in [0.05, 0.1) is 0 Å². The highest BCUT2D eigenvalue weighted by atomic mass is 35.5. The molecule has 116 valence electrons. The first-order valence-corrected chi connectivity index (χ1v) is 7.26. The third-order valence-electron chi connectivity index (χ3n) is 3.07. The van der Waals surface area contributed by atoms with Gasteiger partial charge in [0.1, 0.15) is 12.0 Å². The van der Waals surface area contributed by atoms with Crippen LogP contribution in [0.15, 0.2) is 30.6 Å². The molecule has 1 aromatic heterocycles. The summed E-state index contributed by atoms with van der Waals surface area (Å²) in [6.07, 6.45) is 1.39. The second kappa shape index (κ2) is 7.61. The van der Waals surface area contributed by atoms with E-state index in [0.29, 0.717) is 35.3 Å². The van der Waals surface area contributed by atoms with Gasteiger partial charge in [-0.15, -0.1) is 0 Å². The molecule has 0 spiro atoms. The number of aromatic nitrogens is 2. The number of benzene rings is 1. The highest BCUT2D eigenvalue weighted by molar-refractivity contribution is 6.32. The van der Waals surface area contributed by atoms with E-state index in [1.807, 2.05) is 19.1 Å². The SMILES string of the molecule is CNc1c(Cl)ncnc1NCCNC(=O)c1ccc(C)cc1. The molecule has 1 heterocycles. The first kappa shape index (κ1) is 16.0. The number of anilines is 2. The van der Waals surface area contributed by atoms with Gasteiger partial charge in [0, 0.05) is 25.7 Å². The summed E-state index contributed by atoms with van der Waals surface area (Å²) in [6, 6.07) is 7.44. The Kier molecular flexibility index (Phi) is 5.55.